The molecule has 1 aliphatic rings. The van der Waals surface area contributed by atoms with Crippen LogP contribution in [-0.2, 0) is 20.0 Å². The fraction of sp³-hybridized carbons (Fsp3) is 1.00. The molecule has 0 atom stereocenters. The van der Waals surface area contributed by atoms with Crippen molar-refractivity contribution in [2.24, 2.45) is 5.92 Å². The van der Waals surface area contributed by atoms with Crippen LogP contribution in [0.3, 0.4) is 0 Å². The third-order valence-electron chi connectivity index (χ3n) is 2.68. The predicted octanol–water partition coefficient (Wildman–Crippen LogP) is -0.452. The summed E-state index contributed by atoms with van der Waals surface area (Å²) in [6.45, 7) is 3.83. The first-order chi connectivity index (χ1) is 7.57. The van der Waals surface area contributed by atoms with E-state index in [0.29, 0.717) is 0 Å². The van der Waals surface area contributed by atoms with Crippen LogP contribution in [0.2, 0.25) is 0 Å². The van der Waals surface area contributed by atoms with Gasteiger partial charge in [0, 0.05) is 27.2 Å². The molecule has 0 unspecified atom stereocenters. The monoisotopic (exact) mass is 284 g/mol. The Morgan fingerprint density at radius 2 is 1.65 bits per heavy atom. The molecule has 0 aromatic rings. The van der Waals surface area contributed by atoms with Crippen LogP contribution < -0.4 is 0 Å². The van der Waals surface area contributed by atoms with Crippen molar-refractivity contribution in [3.8, 4) is 0 Å². The van der Waals surface area contributed by atoms with Crippen LogP contribution in [-0.4, -0.2) is 63.6 Å². The van der Waals surface area contributed by atoms with Crippen LogP contribution >= 0.6 is 0 Å². The summed E-state index contributed by atoms with van der Waals surface area (Å²) in [6.07, 6.45) is 0. The van der Waals surface area contributed by atoms with Gasteiger partial charge in [0.05, 0.1) is 11.0 Å². The summed E-state index contributed by atoms with van der Waals surface area (Å²) in [5.41, 5.74) is 0. The molecule has 0 spiro atoms. The van der Waals surface area contributed by atoms with Crippen LogP contribution in [0.4, 0.5) is 0 Å². The van der Waals surface area contributed by atoms with Crippen molar-refractivity contribution < 1.29 is 16.8 Å². The average Bonchev–Trinajstić information content (AvgIpc) is 1.95. The summed E-state index contributed by atoms with van der Waals surface area (Å²) in [5.74, 6) is 0.188. The number of rotatable bonds is 5. The Morgan fingerprint density at radius 3 is 2.00 bits per heavy atom. The highest BCUT2D eigenvalue weighted by Gasteiger charge is 2.43. The van der Waals surface area contributed by atoms with E-state index >= 15 is 0 Å². The van der Waals surface area contributed by atoms with Gasteiger partial charge in [0.1, 0.15) is 0 Å². The second kappa shape index (κ2) is 4.83. The second-order valence-corrected chi connectivity index (χ2v) is 9.42. The molecule has 0 radical (unpaired) electrons. The molecule has 1 aliphatic heterocycles. The number of sulfone groups is 1. The summed E-state index contributed by atoms with van der Waals surface area (Å²) in [6, 6.07) is 0. The SMILES string of the molecule is CC(C)CS(=O)(=O)C1CN(S(=O)(=O)N(C)C)C1. The molecule has 1 rings (SSSR count). The Bertz CT molecular complexity index is 461. The third-order valence-corrected chi connectivity index (χ3v) is 6.99. The minimum atomic E-state index is -3.46. The average molecular weight is 284 g/mol. The number of nitrogens with zero attached hydrogens (tertiary/aromatic N) is 2. The Labute approximate surface area is 104 Å². The van der Waals surface area contributed by atoms with Gasteiger partial charge in [-0.1, -0.05) is 13.8 Å². The summed E-state index contributed by atoms with van der Waals surface area (Å²) >= 11 is 0. The topological polar surface area (TPSA) is 74.8 Å². The second-order valence-electron chi connectivity index (χ2n) is 4.95. The van der Waals surface area contributed by atoms with Crippen molar-refractivity contribution >= 4 is 20.0 Å². The van der Waals surface area contributed by atoms with Crippen molar-refractivity contribution in [1.82, 2.24) is 8.61 Å². The molecule has 0 aromatic carbocycles. The zero-order valence-corrected chi connectivity index (χ0v) is 12.3. The van der Waals surface area contributed by atoms with E-state index in [4.69, 9.17) is 0 Å². The van der Waals surface area contributed by atoms with E-state index < -0.39 is 25.3 Å². The molecule has 0 saturated carbocycles. The van der Waals surface area contributed by atoms with Gasteiger partial charge in [0.2, 0.25) is 0 Å². The Hall–Kier alpha value is -0.180. The lowest BCUT2D eigenvalue weighted by atomic mass is 10.3. The van der Waals surface area contributed by atoms with Gasteiger partial charge in [-0.25, -0.2) is 8.42 Å². The Morgan fingerprint density at radius 1 is 1.18 bits per heavy atom. The lowest BCUT2D eigenvalue weighted by Gasteiger charge is -2.38. The first-order valence-electron chi connectivity index (χ1n) is 5.46. The van der Waals surface area contributed by atoms with Gasteiger partial charge in [-0.2, -0.15) is 17.0 Å². The maximum atomic E-state index is 11.8. The first-order valence-corrected chi connectivity index (χ1v) is 8.57. The summed E-state index contributed by atoms with van der Waals surface area (Å²) in [4.78, 5) is 0. The fourth-order valence-corrected chi connectivity index (χ4v) is 5.05. The van der Waals surface area contributed by atoms with E-state index in [1.54, 1.807) is 0 Å². The molecular formula is C9H20N2O4S2. The quantitative estimate of drug-likeness (QED) is 0.685. The molecule has 1 saturated heterocycles. The molecule has 0 aliphatic carbocycles. The molecular weight excluding hydrogens is 264 g/mol. The standard InChI is InChI=1S/C9H20N2O4S2/c1-8(2)7-16(12,13)9-5-11(6-9)17(14,15)10(3)4/h8-9H,5-7H2,1-4H3. The molecule has 6 nitrogen and oxygen atoms in total. The van der Waals surface area contributed by atoms with E-state index in [0.717, 1.165) is 4.31 Å². The van der Waals surface area contributed by atoms with E-state index in [1.807, 2.05) is 13.8 Å². The normalized spacial score (nSPS) is 19.9. The molecule has 0 amide bonds. The highest BCUT2D eigenvalue weighted by Crippen LogP contribution is 2.22. The smallest absolute Gasteiger partial charge is 0.228 e. The Kier molecular flexibility index (Phi) is 4.23. The van der Waals surface area contributed by atoms with Crippen molar-refractivity contribution in [1.29, 1.82) is 0 Å². The predicted molar refractivity (Wildman–Crippen MR) is 66.6 cm³/mol. The maximum Gasteiger partial charge on any atom is 0.281 e. The van der Waals surface area contributed by atoms with Crippen LogP contribution in [0.1, 0.15) is 13.8 Å². The minimum Gasteiger partial charge on any atom is -0.228 e. The van der Waals surface area contributed by atoms with E-state index in [2.05, 4.69) is 0 Å². The molecule has 8 heteroatoms. The van der Waals surface area contributed by atoms with Crippen molar-refractivity contribution in [2.45, 2.75) is 19.1 Å². The molecule has 0 aromatic heterocycles. The van der Waals surface area contributed by atoms with E-state index in [1.165, 1.54) is 18.4 Å². The fourth-order valence-electron chi connectivity index (χ4n) is 1.65. The third kappa shape index (κ3) is 3.18. The van der Waals surface area contributed by atoms with Gasteiger partial charge in [-0.05, 0) is 5.92 Å². The highest BCUT2D eigenvalue weighted by molar-refractivity contribution is 7.92. The molecule has 17 heavy (non-hydrogen) atoms. The van der Waals surface area contributed by atoms with Crippen LogP contribution in [0, 0.1) is 5.92 Å². The molecule has 102 valence electrons. The molecule has 1 heterocycles. The lowest BCUT2D eigenvalue weighted by molar-refractivity contribution is 0.289. The van der Waals surface area contributed by atoms with Gasteiger partial charge >= 0.3 is 0 Å². The largest absolute Gasteiger partial charge is 0.281 e. The van der Waals surface area contributed by atoms with E-state index in [-0.39, 0.29) is 24.8 Å². The van der Waals surface area contributed by atoms with Gasteiger partial charge in [0.15, 0.2) is 9.84 Å². The van der Waals surface area contributed by atoms with Gasteiger partial charge in [-0.15, -0.1) is 0 Å². The minimum absolute atomic E-state index is 0.0690. The zero-order chi connectivity index (χ0) is 13.4. The summed E-state index contributed by atoms with van der Waals surface area (Å²) in [7, 11) is -3.75. The van der Waals surface area contributed by atoms with Gasteiger partial charge < -0.3 is 0 Å². The van der Waals surface area contributed by atoms with Crippen LogP contribution in [0.5, 0.6) is 0 Å². The number of hydrogen-bond acceptors (Lipinski definition) is 4. The first kappa shape index (κ1) is 14.9. The molecule has 0 bridgehead atoms. The Balaban J connectivity index is 2.65. The van der Waals surface area contributed by atoms with Crippen LogP contribution in [0.15, 0.2) is 0 Å². The molecule has 0 N–H and O–H groups in total. The lowest BCUT2D eigenvalue weighted by Crippen LogP contribution is -2.59. The van der Waals surface area contributed by atoms with Crippen molar-refractivity contribution in [3.63, 3.8) is 0 Å². The summed E-state index contributed by atoms with van der Waals surface area (Å²) in [5, 5.41) is -0.542. The van der Waals surface area contributed by atoms with E-state index in [9.17, 15) is 16.8 Å². The highest BCUT2D eigenvalue weighted by atomic mass is 32.2. The number of hydrogen-bond donors (Lipinski definition) is 0. The van der Waals surface area contributed by atoms with Crippen LogP contribution in [0.25, 0.3) is 0 Å². The zero-order valence-electron chi connectivity index (χ0n) is 10.6. The maximum absolute atomic E-state index is 11.8. The van der Waals surface area contributed by atoms with Crippen molar-refractivity contribution in [2.75, 3.05) is 32.9 Å². The van der Waals surface area contributed by atoms with Gasteiger partial charge in [-0.3, -0.25) is 0 Å². The van der Waals surface area contributed by atoms with Gasteiger partial charge in [0.25, 0.3) is 10.2 Å². The molecule has 1 fully saturated rings. The summed E-state index contributed by atoms with van der Waals surface area (Å²) < 4.78 is 49.3. The van der Waals surface area contributed by atoms with Crippen molar-refractivity contribution in [3.05, 3.63) is 0 Å².